The van der Waals surface area contributed by atoms with Crippen LogP contribution >= 0.6 is 0 Å². The summed E-state index contributed by atoms with van der Waals surface area (Å²) in [4.78, 5) is 22.5. The lowest BCUT2D eigenvalue weighted by molar-refractivity contribution is -0.156. The van der Waals surface area contributed by atoms with Gasteiger partial charge in [0.1, 0.15) is 5.60 Å². The van der Waals surface area contributed by atoms with E-state index in [4.69, 9.17) is 4.74 Å². The monoisotopic (exact) mass is 199 g/mol. The normalized spacial score (nSPS) is 21.9. The molecule has 0 saturated carbocycles. The van der Waals surface area contributed by atoms with Gasteiger partial charge in [0.2, 0.25) is 5.91 Å². The Kier molecular flexibility index (Phi) is 3.13. The fourth-order valence-electron chi connectivity index (χ4n) is 1.42. The van der Waals surface area contributed by atoms with Crippen molar-refractivity contribution in [3.05, 3.63) is 0 Å². The van der Waals surface area contributed by atoms with E-state index in [0.29, 0.717) is 6.54 Å². The molecule has 1 aliphatic heterocycles. The first-order chi connectivity index (χ1) is 6.38. The highest BCUT2D eigenvalue weighted by Crippen LogP contribution is 2.17. The van der Waals surface area contributed by atoms with Gasteiger partial charge in [-0.2, -0.15) is 0 Å². The van der Waals surface area contributed by atoms with E-state index >= 15 is 0 Å². The average molecular weight is 199 g/mol. The van der Waals surface area contributed by atoms with Crippen molar-refractivity contribution in [3.63, 3.8) is 0 Å². The number of amides is 1. The van der Waals surface area contributed by atoms with Crippen molar-refractivity contribution in [2.45, 2.75) is 39.2 Å². The summed E-state index contributed by atoms with van der Waals surface area (Å²) in [7, 11) is 0. The molecule has 1 heterocycles. The van der Waals surface area contributed by atoms with Crippen molar-refractivity contribution in [2.75, 3.05) is 6.54 Å². The second kappa shape index (κ2) is 3.98. The van der Waals surface area contributed by atoms with Gasteiger partial charge in [0.05, 0.1) is 12.3 Å². The lowest BCUT2D eigenvalue weighted by Gasteiger charge is -2.20. The molecule has 4 nitrogen and oxygen atoms in total. The molecule has 0 aromatic rings. The number of rotatable bonds is 2. The first kappa shape index (κ1) is 11.0. The van der Waals surface area contributed by atoms with E-state index in [1.54, 1.807) is 0 Å². The van der Waals surface area contributed by atoms with Crippen LogP contribution in [0.25, 0.3) is 0 Å². The summed E-state index contributed by atoms with van der Waals surface area (Å²) < 4.78 is 5.13. The van der Waals surface area contributed by atoms with Crippen LogP contribution in [0.4, 0.5) is 0 Å². The third kappa shape index (κ3) is 3.36. The van der Waals surface area contributed by atoms with Gasteiger partial charge in [-0.05, 0) is 27.2 Å². The second-order valence-corrected chi connectivity index (χ2v) is 4.57. The molecule has 0 bridgehead atoms. The van der Waals surface area contributed by atoms with Crippen molar-refractivity contribution in [1.82, 2.24) is 5.32 Å². The van der Waals surface area contributed by atoms with Gasteiger partial charge in [-0.25, -0.2) is 0 Å². The summed E-state index contributed by atoms with van der Waals surface area (Å²) in [6.45, 7) is 6.13. The summed E-state index contributed by atoms with van der Waals surface area (Å²) in [6, 6.07) is 0. The molecule has 1 rings (SSSR count). The number of esters is 1. The number of hydrogen-bond acceptors (Lipinski definition) is 3. The Balaban J connectivity index is 2.37. The molecule has 0 radical (unpaired) electrons. The van der Waals surface area contributed by atoms with Crippen LogP contribution in [0.1, 0.15) is 33.6 Å². The van der Waals surface area contributed by atoms with Crippen molar-refractivity contribution < 1.29 is 14.3 Å². The van der Waals surface area contributed by atoms with Gasteiger partial charge in [0.15, 0.2) is 0 Å². The minimum absolute atomic E-state index is 0.0316. The highest BCUT2D eigenvalue weighted by molar-refractivity contribution is 5.85. The lowest BCUT2D eigenvalue weighted by atomic mass is 10.0. The van der Waals surface area contributed by atoms with Gasteiger partial charge < -0.3 is 10.1 Å². The molecule has 14 heavy (non-hydrogen) atoms. The predicted octanol–water partition coefficient (Wildman–Crippen LogP) is 0.854. The molecule has 0 aliphatic carbocycles. The number of nitrogens with one attached hydrogen (secondary N) is 1. The maximum atomic E-state index is 11.4. The SMILES string of the molecule is CC(C)(C)OC(=O)CC1CCNC1=O. The summed E-state index contributed by atoms with van der Waals surface area (Å²) in [5.74, 6) is -0.514. The number of hydrogen-bond donors (Lipinski definition) is 1. The Morgan fingerprint density at radius 3 is 2.64 bits per heavy atom. The Labute approximate surface area is 84.0 Å². The lowest BCUT2D eigenvalue weighted by Crippen LogP contribution is -2.27. The number of carbonyl (C=O) groups excluding carboxylic acids is 2. The van der Waals surface area contributed by atoms with E-state index in [2.05, 4.69) is 5.32 Å². The minimum Gasteiger partial charge on any atom is -0.460 e. The van der Waals surface area contributed by atoms with Gasteiger partial charge in [0, 0.05) is 6.54 Å². The summed E-state index contributed by atoms with van der Waals surface area (Å²) in [5, 5.41) is 2.69. The van der Waals surface area contributed by atoms with E-state index in [9.17, 15) is 9.59 Å². The van der Waals surface area contributed by atoms with Gasteiger partial charge in [-0.1, -0.05) is 0 Å². The third-order valence-electron chi connectivity index (χ3n) is 2.00. The van der Waals surface area contributed by atoms with Crippen molar-refractivity contribution in [3.8, 4) is 0 Å². The molecule has 1 N–H and O–H groups in total. The zero-order chi connectivity index (χ0) is 10.8. The first-order valence-electron chi connectivity index (χ1n) is 4.88. The zero-order valence-electron chi connectivity index (χ0n) is 8.92. The summed E-state index contributed by atoms with van der Waals surface area (Å²) in [5.41, 5.74) is -0.466. The molecule has 0 aromatic heterocycles. The molecular formula is C10H17NO3. The Hall–Kier alpha value is -1.06. The maximum Gasteiger partial charge on any atom is 0.307 e. The average Bonchev–Trinajstić information content (AvgIpc) is 2.32. The van der Waals surface area contributed by atoms with Crippen LogP contribution in [0.15, 0.2) is 0 Å². The van der Waals surface area contributed by atoms with Crippen LogP contribution in [-0.2, 0) is 14.3 Å². The van der Waals surface area contributed by atoms with Crippen molar-refractivity contribution in [2.24, 2.45) is 5.92 Å². The van der Waals surface area contributed by atoms with Gasteiger partial charge in [-0.3, -0.25) is 9.59 Å². The molecule has 1 atom stereocenters. The maximum absolute atomic E-state index is 11.4. The standard InChI is InChI=1S/C10H17NO3/c1-10(2,3)14-8(12)6-7-4-5-11-9(7)13/h7H,4-6H2,1-3H3,(H,11,13). The van der Waals surface area contributed by atoms with Crippen LogP contribution in [0.3, 0.4) is 0 Å². The fourth-order valence-corrected chi connectivity index (χ4v) is 1.42. The van der Waals surface area contributed by atoms with Gasteiger partial charge >= 0.3 is 5.97 Å². The zero-order valence-corrected chi connectivity index (χ0v) is 8.92. The molecule has 0 aromatic carbocycles. The quantitative estimate of drug-likeness (QED) is 0.671. The summed E-state index contributed by atoms with van der Waals surface area (Å²) >= 11 is 0. The first-order valence-corrected chi connectivity index (χ1v) is 4.88. The second-order valence-electron chi connectivity index (χ2n) is 4.57. The third-order valence-corrected chi connectivity index (χ3v) is 2.00. The minimum atomic E-state index is -0.466. The van der Waals surface area contributed by atoms with Gasteiger partial charge in [0.25, 0.3) is 0 Å². The van der Waals surface area contributed by atoms with E-state index in [-0.39, 0.29) is 24.2 Å². The van der Waals surface area contributed by atoms with Crippen LogP contribution in [0.5, 0.6) is 0 Å². The largest absolute Gasteiger partial charge is 0.460 e. The molecule has 1 amide bonds. The molecule has 1 unspecified atom stereocenters. The molecule has 0 spiro atoms. The highest BCUT2D eigenvalue weighted by atomic mass is 16.6. The van der Waals surface area contributed by atoms with Crippen molar-refractivity contribution >= 4 is 11.9 Å². The van der Waals surface area contributed by atoms with E-state index in [1.807, 2.05) is 20.8 Å². The Morgan fingerprint density at radius 2 is 2.21 bits per heavy atom. The Morgan fingerprint density at radius 1 is 1.57 bits per heavy atom. The van der Waals surface area contributed by atoms with E-state index < -0.39 is 5.60 Å². The topological polar surface area (TPSA) is 55.4 Å². The van der Waals surface area contributed by atoms with Crippen LogP contribution < -0.4 is 5.32 Å². The van der Waals surface area contributed by atoms with Crippen LogP contribution in [0.2, 0.25) is 0 Å². The summed E-state index contributed by atoms with van der Waals surface area (Å²) in [6.07, 6.45) is 0.932. The van der Waals surface area contributed by atoms with E-state index in [0.717, 1.165) is 6.42 Å². The van der Waals surface area contributed by atoms with Crippen LogP contribution in [0, 0.1) is 5.92 Å². The molecule has 1 aliphatic rings. The van der Waals surface area contributed by atoms with Crippen LogP contribution in [-0.4, -0.2) is 24.0 Å². The molecule has 4 heteroatoms. The number of ether oxygens (including phenoxy) is 1. The highest BCUT2D eigenvalue weighted by Gasteiger charge is 2.28. The molecule has 1 saturated heterocycles. The van der Waals surface area contributed by atoms with E-state index in [1.165, 1.54) is 0 Å². The fraction of sp³-hybridized carbons (Fsp3) is 0.800. The number of carbonyl (C=O) groups is 2. The molecule has 1 fully saturated rings. The van der Waals surface area contributed by atoms with Crippen molar-refractivity contribution in [1.29, 1.82) is 0 Å². The molecule has 80 valence electrons. The Bertz CT molecular complexity index is 242. The predicted molar refractivity (Wildman–Crippen MR) is 51.6 cm³/mol. The van der Waals surface area contributed by atoms with Gasteiger partial charge in [-0.15, -0.1) is 0 Å². The molecular weight excluding hydrogens is 182 g/mol. The smallest absolute Gasteiger partial charge is 0.307 e.